The van der Waals surface area contributed by atoms with Crippen LogP contribution in [0.25, 0.3) is 0 Å². The zero-order valence-corrected chi connectivity index (χ0v) is 17.6. The topological polar surface area (TPSA) is 45.7 Å². The first-order valence-electron chi connectivity index (χ1n) is 9.43. The van der Waals surface area contributed by atoms with Gasteiger partial charge in [0.25, 0.3) is 0 Å². The predicted molar refractivity (Wildman–Crippen MR) is 115 cm³/mol. The first kappa shape index (κ1) is 20.5. The summed E-state index contributed by atoms with van der Waals surface area (Å²) in [5, 5.41) is 7.23. The van der Waals surface area contributed by atoms with Crippen LogP contribution in [-0.2, 0) is 10.2 Å². The molecule has 5 heteroatoms. The van der Waals surface area contributed by atoms with Gasteiger partial charge >= 0.3 is 0 Å². The van der Waals surface area contributed by atoms with E-state index in [1.165, 1.54) is 37.7 Å². The molecule has 0 aromatic heterocycles. The van der Waals surface area contributed by atoms with Gasteiger partial charge in [0.2, 0.25) is 0 Å². The first-order valence-corrected chi connectivity index (χ1v) is 9.43. The van der Waals surface area contributed by atoms with Crippen molar-refractivity contribution in [2.75, 3.05) is 26.8 Å². The molecule has 0 atom stereocenters. The number of nitrogens with zero attached hydrogens (tertiary/aromatic N) is 1. The molecule has 1 saturated heterocycles. The average molecular weight is 457 g/mol. The molecule has 3 rings (SSSR count). The highest BCUT2D eigenvalue weighted by molar-refractivity contribution is 14.0. The van der Waals surface area contributed by atoms with Crippen LogP contribution < -0.4 is 10.6 Å². The van der Waals surface area contributed by atoms with Gasteiger partial charge in [-0.25, -0.2) is 0 Å². The lowest BCUT2D eigenvalue weighted by molar-refractivity contribution is 0.0513. The van der Waals surface area contributed by atoms with Crippen molar-refractivity contribution >= 4 is 29.9 Å². The number of benzene rings is 1. The largest absolute Gasteiger partial charge is 0.381 e. The van der Waals surface area contributed by atoms with Crippen LogP contribution in [0.3, 0.4) is 0 Å². The van der Waals surface area contributed by atoms with Crippen molar-refractivity contribution in [2.45, 2.75) is 56.4 Å². The molecule has 2 fully saturated rings. The van der Waals surface area contributed by atoms with E-state index in [9.17, 15) is 0 Å². The number of rotatable bonds is 4. The van der Waals surface area contributed by atoms with Crippen LogP contribution in [0, 0.1) is 0 Å². The Balaban J connectivity index is 0.00000225. The maximum absolute atomic E-state index is 5.63. The number of hydrogen-bond acceptors (Lipinski definition) is 2. The minimum absolute atomic E-state index is 0. The van der Waals surface area contributed by atoms with E-state index in [0.717, 1.165) is 38.6 Å². The van der Waals surface area contributed by atoms with E-state index < -0.39 is 0 Å². The molecule has 2 aliphatic rings. The van der Waals surface area contributed by atoms with E-state index in [1.807, 2.05) is 7.05 Å². The SMILES string of the molecule is CN=C(NCC1(c2ccccc2)CCOCC1)NC1CCCCC1.I. The highest BCUT2D eigenvalue weighted by Crippen LogP contribution is 2.34. The lowest BCUT2D eigenvalue weighted by Gasteiger charge is -2.38. The minimum atomic E-state index is 0. The summed E-state index contributed by atoms with van der Waals surface area (Å²) < 4.78 is 5.63. The number of halogens is 1. The standard InChI is InChI=1S/C20H31N3O.HI/c1-21-19(23-18-10-6-3-7-11-18)22-16-20(12-14-24-15-13-20)17-8-4-2-5-9-17;/h2,4-5,8-9,18H,3,6-7,10-16H2,1H3,(H2,21,22,23);1H. The molecule has 0 amide bonds. The number of aliphatic imine (C=N–C) groups is 1. The molecule has 0 radical (unpaired) electrons. The van der Waals surface area contributed by atoms with Crippen molar-refractivity contribution < 1.29 is 4.74 Å². The molecular formula is C20H32IN3O. The number of hydrogen-bond donors (Lipinski definition) is 2. The molecule has 1 aliphatic carbocycles. The molecule has 1 saturated carbocycles. The normalized spacial score (nSPS) is 21.2. The Morgan fingerprint density at radius 1 is 1.12 bits per heavy atom. The molecule has 4 nitrogen and oxygen atoms in total. The van der Waals surface area contributed by atoms with Crippen LogP contribution in [0.1, 0.15) is 50.5 Å². The second-order valence-corrected chi connectivity index (χ2v) is 7.16. The fourth-order valence-corrected chi connectivity index (χ4v) is 4.01. The van der Waals surface area contributed by atoms with Crippen LogP contribution >= 0.6 is 24.0 Å². The van der Waals surface area contributed by atoms with Crippen molar-refractivity contribution in [3.63, 3.8) is 0 Å². The molecule has 0 spiro atoms. The zero-order chi connectivity index (χ0) is 16.7. The molecule has 1 aromatic rings. The molecule has 0 unspecified atom stereocenters. The molecule has 25 heavy (non-hydrogen) atoms. The molecule has 1 aromatic carbocycles. The average Bonchev–Trinajstić information content (AvgIpc) is 2.67. The summed E-state index contributed by atoms with van der Waals surface area (Å²) in [6.07, 6.45) is 8.69. The maximum atomic E-state index is 5.63. The van der Waals surface area contributed by atoms with Gasteiger partial charge in [0.15, 0.2) is 5.96 Å². The summed E-state index contributed by atoms with van der Waals surface area (Å²) in [5.74, 6) is 0.948. The Bertz CT molecular complexity index is 523. The highest BCUT2D eigenvalue weighted by Gasteiger charge is 2.34. The minimum Gasteiger partial charge on any atom is -0.381 e. The molecule has 2 N–H and O–H groups in total. The van der Waals surface area contributed by atoms with E-state index in [-0.39, 0.29) is 29.4 Å². The lowest BCUT2D eigenvalue weighted by Crippen LogP contribution is -2.50. The van der Waals surface area contributed by atoms with Gasteiger partial charge in [0.05, 0.1) is 0 Å². The van der Waals surface area contributed by atoms with Crippen molar-refractivity contribution in [3.8, 4) is 0 Å². The van der Waals surface area contributed by atoms with Crippen molar-refractivity contribution in [1.29, 1.82) is 0 Å². The van der Waals surface area contributed by atoms with Crippen LogP contribution in [0.4, 0.5) is 0 Å². The molecule has 0 bridgehead atoms. The fourth-order valence-electron chi connectivity index (χ4n) is 4.01. The maximum Gasteiger partial charge on any atom is 0.191 e. The molecule has 140 valence electrons. The summed E-state index contributed by atoms with van der Waals surface area (Å²) in [6, 6.07) is 11.5. The highest BCUT2D eigenvalue weighted by atomic mass is 127. The summed E-state index contributed by atoms with van der Waals surface area (Å²) in [7, 11) is 1.87. The third kappa shape index (κ3) is 5.58. The molecule has 1 heterocycles. The lowest BCUT2D eigenvalue weighted by atomic mass is 9.74. The van der Waals surface area contributed by atoms with Gasteiger partial charge in [-0.05, 0) is 31.2 Å². The smallest absolute Gasteiger partial charge is 0.191 e. The van der Waals surface area contributed by atoms with E-state index in [4.69, 9.17) is 4.74 Å². The Morgan fingerprint density at radius 3 is 2.44 bits per heavy atom. The van der Waals surface area contributed by atoms with E-state index in [1.54, 1.807) is 0 Å². The van der Waals surface area contributed by atoms with Crippen molar-refractivity contribution in [3.05, 3.63) is 35.9 Å². The second kappa shape index (κ2) is 10.4. The van der Waals surface area contributed by atoms with Gasteiger partial charge in [-0.2, -0.15) is 0 Å². The van der Waals surface area contributed by atoms with Crippen LogP contribution in [-0.4, -0.2) is 38.8 Å². The first-order chi connectivity index (χ1) is 11.8. The van der Waals surface area contributed by atoms with Crippen LogP contribution in [0.2, 0.25) is 0 Å². The summed E-state index contributed by atoms with van der Waals surface area (Å²) >= 11 is 0. The summed E-state index contributed by atoms with van der Waals surface area (Å²) in [4.78, 5) is 4.45. The van der Waals surface area contributed by atoms with E-state index in [0.29, 0.717) is 6.04 Å². The number of ether oxygens (including phenoxy) is 1. The number of guanidine groups is 1. The Labute approximate surface area is 169 Å². The molecular weight excluding hydrogens is 425 g/mol. The quantitative estimate of drug-likeness (QED) is 0.410. The summed E-state index contributed by atoms with van der Waals surface area (Å²) in [5.41, 5.74) is 1.55. The van der Waals surface area contributed by atoms with Crippen LogP contribution in [0.15, 0.2) is 35.3 Å². The van der Waals surface area contributed by atoms with Crippen molar-refractivity contribution in [1.82, 2.24) is 10.6 Å². The Hall–Kier alpha value is -0.820. The van der Waals surface area contributed by atoms with Gasteiger partial charge in [-0.3, -0.25) is 4.99 Å². The third-order valence-electron chi connectivity index (χ3n) is 5.60. The van der Waals surface area contributed by atoms with Gasteiger partial charge < -0.3 is 15.4 Å². The van der Waals surface area contributed by atoms with Gasteiger partial charge in [-0.1, -0.05) is 49.6 Å². The predicted octanol–water partition coefficient (Wildman–Crippen LogP) is 3.85. The Morgan fingerprint density at radius 2 is 1.80 bits per heavy atom. The van der Waals surface area contributed by atoms with Gasteiger partial charge in [0, 0.05) is 38.3 Å². The summed E-state index contributed by atoms with van der Waals surface area (Å²) in [6.45, 7) is 2.59. The van der Waals surface area contributed by atoms with Crippen molar-refractivity contribution in [2.24, 2.45) is 4.99 Å². The second-order valence-electron chi connectivity index (χ2n) is 7.16. The fraction of sp³-hybridized carbons (Fsp3) is 0.650. The Kier molecular flexibility index (Phi) is 8.49. The zero-order valence-electron chi connectivity index (χ0n) is 15.3. The molecule has 1 aliphatic heterocycles. The van der Waals surface area contributed by atoms with E-state index >= 15 is 0 Å². The van der Waals surface area contributed by atoms with E-state index in [2.05, 4.69) is 46.0 Å². The van der Waals surface area contributed by atoms with Gasteiger partial charge in [0.1, 0.15) is 0 Å². The monoisotopic (exact) mass is 457 g/mol. The van der Waals surface area contributed by atoms with Gasteiger partial charge in [-0.15, -0.1) is 24.0 Å². The number of nitrogens with one attached hydrogen (secondary N) is 2. The third-order valence-corrected chi connectivity index (χ3v) is 5.60. The van der Waals surface area contributed by atoms with Crippen LogP contribution in [0.5, 0.6) is 0 Å².